The summed E-state index contributed by atoms with van der Waals surface area (Å²) in [7, 11) is 0. The third kappa shape index (κ3) is 38.0. The van der Waals surface area contributed by atoms with Crippen LogP contribution in [0, 0.1) is 0 Å². The Labute approximate surface area is 441 Å². The molecular formula is C61H115NO10. The number of unbranched alkanes of at least 4 members (excludes halogenated alkanes) is 34. The highest BCUT2D eigenvalue weighted by molar-refractivity contribution is 5.80. The van der Waals surface area contributed by atoms with E-state index in [1.54, 1.807) is 0 Å². The fourth-order valence-corrected chi connectivity index (χ4v) is 9.71. The number of ether oxygens (including phenoxy) is 2. The molecule has 9 unspecified atom stereocenters. The summed E-state index contributed by atoms with van der Waals surface area (Å²) in [6, 6.07) is -1.19. The summed E-state index contributed by atoms with van der Waals surface area (Å²) in [6.07, 6.45) is 50.6. The molecule has 1 aliphatic heterocycles. The molecule has 1 heterocycles. The number of aliphatic hydroxyl groups excluding tert-OH is 7. The number of hydrogen-bond donors (Lipinski definition) is 8. The molecule has 0 radical (unpaired) electrons. The van der Waals surface area contributed by atoms with E-state index in [4.69, 9.17) is 9.47 Å². The van der Waals surface area contributed by atoms with E-state index in [1.165, 1.54) is 186 Å². The van der Waals surface area contributed by atoms with E-state index in [0.717, 1.165) is 44.9 Å². The summed E-state index contributed by atoms with van der Waals surface area (Å²) in [5.74, 6) is -0.709. The second-order valence-electron chi connectivity index (χ2n) is 21.4. The Hall–Kier alpha value is -1.67. The Morgan fingerprint density at radius 2 is 0.833 bits per heavy atom. The number of nitrogens with one attached hydrogen (secondary N) is 1. The lowest BCUT2D eigenvalue weighted by Gasteiger charge is -2.40. The predicted molar refractivity (Wildman–Crippen MR) is 298 cm³/mol. The highest BCUT2D eigenvalue weighted by Crippen LogP contribution is 2.23. The molecule has 8 N–H and O–H groups in total. The number of allylic oxidation sites excluding steroid dienone is 6. The van der Waals surface area contributed by atoms with Gasteiger partial charge in [0.15, 0.2) is 6.29 Å². The first-order valence-corrected chi connectivity index (χ1v) is 30.4. The number of carbonyl (C=O) groups is 1. The topological polar surface area (TPSA) is 189 Å². The van der Waals surface area contributed by atoms with Crippen molar-refractivity contribution in [1.82, 2.24) is 5.32 Å². The van der Waals surface area contributed by atoms with Gasteiger partial charge in [0.2, 0.25) is 5.91 Å². The van der Waals surface area contributed by atoms with E-state index in [2.05, 4.69) is 55.6 Å². The van der Waals surface area contributed by atoms with Gasteiger partial charge in [-0.05, 0) is 64.2 Å². The minimum Gasteiger partial charge on any atom is -0.394 e. The van der Waals surface area contributed by atoms with Crippen LogP contribution < -0.4 is 5.32 Å². The van der Waals surface area contributed by atoms with Crippen LogP contribution in [0.2, 0.25) is 0 Å². The summed E-state index contributed by atoms with van der Waals surface area (Å²) in [4.78, 5) is 13.2. The lowest BCUT2D eigenvalue weighted by atomic mass is 9.98. The van der Waals surface area contributed by atoms with Crippen molar-refractivity contribution in [2.45, 2.75) is 332 Å². The maximum Gasteiger partial charge on any atom is 0.249 e. The third-order valence-electron chi connectivity index (χ3n) is 14.7. The lowest BCUT2D eigenvalue weighted by Crippen LogP contribution is -2.60. The average molecular weight is 1020 g/mol. The molecule has 11 heteroatoms. The zero-order valence-corrected chi connectivity index (χ0v) is 46.4. The van der Waals surface area contributed by atoms with Crippen molar-refractivity contribution in [3.05, 3.63) is 36.5 Å². The minimum atomic E-state index is -1.67. The molecule has 0 bridgehead atoms. The molecule has 0 spiro atoms. The molecule has 0 aliphatic carbocycles. The molecule has 424 valence electrons. The molecular weight excluding hydrogens is 907 g/mol. The largest absolute Gasteiger partial charge is 0.394 e. The van der Waals surface area contributed by atoms with Crippen molar-refractivity contribution in [1.29, 1.82) is 0 Å². The van der Waals surface area contributed by atoms with Gasteiger partial charge in [0.25, 0.3) is 0 Å². The number of aliphatic hydroxyl groups is 7. The maximum absolute atomic E-state index is 13.2. The molecule has 0 saturated carbocycles. The first kappa shape index (κ1) is 68.3. The standard InChI is InChI=1S/C61H115NO10/c1-3-5-7-9-11-13-15-17-19-21-23-24-25-26-27-28-29-30-31-33-34-36-38-40-42-44-46-48-53(64)56(66)52(51-71-61-59(69)58(68)57(67)55(50-63)72-61)62-60(70)54(65)49-47-45-43-41-39-37-35-32-22-20-18-16-14-12-10-8-6-4-2/h28-29,33-34,40,42,52-59,61,63-69H,3-27,30-32,35-39,41,43-51H2,1-2H3,(H,62,70)/b29-28+,34-33+,42-40+. The van der Waals surface area contributed by atoms with Gasteiger partial charge in [-0.2, -0.15) is 0 Å². The van der Waals surface area contributed by atoms with Gasteiger partial charge in [-0.25, -0.2) is 0 Å². The molecule has 11 nitrogen and oxygen atoms in total. The zero-order valence-electron chi connectivity index (χ0n) is 46.4. The van der Waals surface area contributed by atoms with Gasteiger partial charge in [-0.3, -0.25) is 4.79 Å². The summed E-state index contributed by atoms with van der Waals surface area (Å²) in [5, 5.41) is 76.2. The van der Waals surface area contributed by atoms with Crippen LogP contribution in [-0.4, -0.2) is 110 Å². The predicted octanol–water partition coefficient (Wildman–Crippen LogP) is 13.1. The third-order valence-corrected chi connectivity index (χ3v) is 14.7. The highest BCUT2D eigenvalue weighted by Gasteiger charge is 2.44. The molecule has 0 aromatic heterocycles. The Balaban J connectivity index is 2.32. The minimum absolute atomic E-state index is 0.243. The van der Waals surface area contributed by atoms with Gasteiger partial charge in [0.1, 0.15) is 36.6 Å². The van der Waals surface area contributed by atoms with Crippen molar-refractivity contribution in [3.63, 3.8) is 0 Å². The van der Waals surface area contributed by atoms with Crippen molar-refractivity contribution >= 4 is 5.91 Å². The molecule has 1 rings (SSSR count). The smallest absolute Gasteiger partial charge is 0.249 e. The van der Waals surface area contributed by atoms with Crippen LogP contribution in [0.1, 0.15) is 277 Å². The summed E-state index contributed by atoms with van der Waals surface area (Å²) >= 11 is 0. The Bertz CT molecular complexity index is 1260. The Morgan fingerprint density at radius 3 is 1.24 bits per heavy atom. The lowest BCUT2D eigenvalue weighted by molar-refractivity contribution is -0.303. The van der Waals surface area contributed by atoms with Gasteiger partial charge in [0, 0.05) is 0 Å². The number of amides is 1. The van der Waals surface area contributed by atoms with Crippen LogP contribution in [0.5, 0.6) is 0 Å². The van der Waals surface area contributed by atoms with Crippen LogP contribution in [-0.2, 0) is 14.3 Å². The van der Waals surface area contributed by atoms with E-state index in [0.29, 0.717) is 19.3 Å². The monoisotopic (exact) mass is 1020 g/mol. The van der Waals surface area contributed by atoms with Crippen molar-refractivity contribution in [2.75, 3.05) is 13.2 Å². The molecule has 9 atom stereocenters. The van der Waals surface area contributed by atoms with E-state index in [1.807, 2.05) is 0 Å². The van der Waals surface area contributed by atoms with Gasteiger partial charge in [-0.15, -0.1) is 0 Å². The molecule has 72 heavy (non-hydrogen) atoms. The molecule has 1 aliphatic rings. The number of carbonyl (C=O) groups excluding carboxylic acids is 1. The van der Waals surface area contributed by atoms with Gasteiger partial charge in [-0.1, -0.05) is 249 Å². The van der Waals surface area contributed by atoms with E-state index < -0.39 is 74.2 Å². The second-order valence-corrected chi connectivity index (χ2v) is 21.4. The molecule has 1 amide bonds. The quantitative estimate of drug-likeness (QED) is 0.0215. The van der Waals surface area contributed by atoms with Crippen LogP contribution in [0.15, 0.2) is 36.5 Å². The summed E-state index contributed by atoms with van der Waals surface area (Å²) in [5.41, 5.74) is 0. The maximum atomic E-state index is 13.2. The number of hydrogen-bond acceptors (Lipinski definition) is 10. The van der Waals surface area contributed by atoms with Gasteiger partial charge in [0.05, 0.1) is 25.4 Å². The van der Waals surface area contributed by atoms with Crippen LogP contribution >= 0.6 is 0 Å². The van der Waals surface area contributed by atoms with Crippen molar-refractivity contribution < 1.29 is 50.0 Å². The first-order valence-electron chi connectivity index (χ1n) is 30.4. The SMILES string of the molecule is CCCCCCCCCCCCCCCC/C=C/CC/C=C/CC/C=C/CCCC(O)C(O)C(COC1OC(CO)C(O)C(O)C1O)NC(=O)C(O)CCCCCCCCCCCCCCCCCCCC. The fraction of sp³-hybridized carbons (Fsp3) is 0.885. The number of rotatable bonds is 52. The van der Waals surface area contributed by atoms with E-state index >= 15 is 0 Å². The summed E-state index contributed by atoms with van der Waals surface area (Å²) < 4.78 is 11.1. The first-order chi connectivity index (χ1) is 35.2. The van der Waals surface area contributed by atoms with E-state index in [-0.39, 0.29) is 12.8 Å². The van der Waals surface area contributed by atoms with Crippen LogP contribution in [0.3, 0.4) is 0 Å². The molecule has 1 fully saturated rings. The fourth-order valence-electron chi connectivity index (χ4n) is 9.71. The molecule has 0 aromatic carbocycles. The van der Waals surface area contributed by atoms with Crippen LogP contribution in [0.4, 0.5) is 0 Å². The van der Waals surface area contributed by atoms with E-state index in [9.17, 15) is 40.5 Å². The molecule has 0 aromatic rings. The summed E-state index contributed by atoms with van der Waals surface area (Å²) in [6.45, 7) is 3.46. The van der Waals surface area contributed by atoms with Crippen molar-refractivity contribution in [3.8, 4) is 0 Å². The zero-order chi connectivity index (χ0) is 52.5. The molecule has 1 saturated heterocycles. The highest BCUT2D eigenvalue weighted by atomic mass is 16.7. The Morgan fingerprint density at radius 1 is 0.472 bits per heavy atom. The van der Waals surface area contributed by atoms with Gasteiger partial charge < -0.3 is 50.5 Å². The van der Waals surface area contributed by atoms with Crippen LogP contribution in [0.25, 0.3) is 0 Å². The van der Waals surface area contributed by atoms with Gasteiger partial charge >= 0.3 is 0 Å². The Kier molecular flexibility index (Phi) is 47.6. The van der Waals surface area contributed by atoms with Crippen molar-refractivity contribution in [2.24, 2.45) is 0 Å². The normalized spacial score (nSPS) is 20.3. The second kappa shape index (κ2) is 50.2. The average Bonchev–Trinajstić information content (AvgIpc) is 3.38.